The van der Waals surface area contributed by atoms with E-state index in [0.717, 1.165) is 27.5 Å². The van der Waals surface area contributed by atoms with Gasteiger partial charge in [-0.2, -0.15) is 5.21 Å². The summed E-state index contributed by atoms with van der Waals surface area (Å²) in [7, 11) is 0. The molecular weight excluding hydrogens is 707 g/mol. The van der Waals surface area contributed by atoms with Crippen LogP contribution < -0.4 is 9.80 Å². The zero-order valence-electron chi connectivity index (χ0n) is 29.1. The first-order valence-electron chi connectivity index (χ1n) is 17.6. The number of aromatic nitrogens is 15. The molecule has 2 aromatic carbocycles. The molecule has 1 aliphatic heterocycles. The summed E-state index contributed by atoms with van der Waals surface area (Å²) < 4.78 is 0. The number of pyridine rings is 2. The lowest BCUT2D eigenvalue weighted by Gasteiger charge is -2.45. The Balaban J connectivity index is 1.41. The Kier molecular flexibility index (Phi) is 6.87. The number of hydrogen-bond acceptors (Lipinski definition) is 14. The minimum Gasteiger partial charge on any atom is -0.357 e. The lowest BCUT2D eigenvalue weighted by atomic mass is 9.79. The molecule has 0 aliphatic carbocycles. The third kappa shape index (κ3) is 4.41. The molecule has 1 fully saturated rings. The predicted molar refractivity (Wildman–Crippen MR) is 203 cm³/mol. The van der Waals surface area contributed by atoms with Crippen LogP contribution in [0.1, 0.15) is 34.6 Å². The van der Waals surface area contributed by atoms with Crippen LogP contribution in [0, 0.1) is 0 Å². The van der Waals surface area contributed by atoms with Gasteiger partial charge in [-0.15, -0.1) is 5.10 Å². The van der Waals surface area contributed by atoms with Crippen LogP contribution in [0.4, 0.5) is 11.9 Å². The molecule has 0 saturated carbocycles. The van der Waals surface area contributed by atoms with Gasteiger partial charge < -0.3 is 9.97 Å². The number of para-hydroxylation sites is 2. The molecule has 17 heteroatoms. The summed E-state index contributed by atoms with van der Waals surface area (Å²) >= 11 is 0. The van der Waals surface area contributed by atoms with E-state index in [-0.39, 0.29) is 17.7 Å². The van der Waals surface area contributed by atoms with E-state index in [4.69, 9.17) is 34.9 Å². The Labute approximate surface area is 316 Å². The molecule has 0 bridgehead atoms. The minimum atomic E-state index is -1.72. The second-order valence-corrected chi connectivity index (χ2v) is 13.1. The van der Waals surface area contributed by atoms with Gasteiger partial charge in [0.2, 0.25) is 11.6 Å². The highest BCUT2D eigenvalue weighted by atomic mass is 15.6. The van der Waals surface area contributed by atoms with Crippen molar-refractivity contribution in [2.45, 2.75) is 17.2 Å². The Morgan fingerprint density at radius 1 is 0.625 bits per heavy atom. The zero-order chi connectivity index (χ0) is 37.1. The number of rotatable bonds is 7. The maximum Gasteiger partial charge on any atom is 0.268 e. The number of nitrogens with zero attached hydrogens (tertiary/aromatic N) is 14. The number of imidazole rings is 1. The van der Waals surface area contributed by atoms with Crippen molar-refractivity contribution in [3.05, 3.63) is 169 Å². The van der Waals surface area contributed by atoms with Gasteiger partial charge in [0.05, 0.1) is 35.6 Å². The highest BCUT2D eigenvalue weighted by molar-refractivity contribution is 5.83. The second kappa shape index (κ2) is 12.2. The smallest absolute Gasteiger partial charge is 0.268 e. The average Bonchev–Trinajstić information content (AvgIpc) is 4.09. The van der Waals surface area contributed by atoms with E-state index in [1.54, 1.807) is 55.8 Å². The van der Waals surface area contributed by atoms with Gasteiger partial charge in [-0.3, -0.25) is 24.8 Å². The van der Waals surface area contributed by atoms with Crippen LogP contribution in [0.2, 0.25) is 0 Å². The third-order valence-corrected chi connectivity index (χ3v) is 10.3. The van der Waals surface area contributed by atoms with Crippen LogP contribution in [-0.2, 0) is 11.2 Å². The number of benzene rings is 2. The van der Waals surface area contributed by atoms with Crippen molar-refractivity contribution in [1.82, 2.24) is 75.4 Å². The van der Waals surface area contributed by atoms with Gasteiger partial charge >= 0.3 is 0 Å². The maximum atomic E-state index is 5.49. The Hall–Kier alpha value is -8.08. The van der Waals surface area contributed by atoms with Gasteiger partial charge in [0.25, 0.3) is 5.95 Å². The van der Waals surface area contributed by atoms with E-state index >= 15 is 0 Å². The highest BCUT2D eigenvalue weighted by Crippen LogP contribution is 2.64. The topological polar surface area (TPSA) is 209 Å². The number of aromatic amines is 3. The molecule has 9 heterocycles. The fourth-order valence-electron chi connectivity index (χ4n) is 8.14. The summed E-state index contributed by atoms with van der Waals surface area (Å²) in [6, 6.07) is 29.0. The first-order chi connectivity index (χ1) is 27.8. The fraction of sp³-hybridized carbons (Fsp3) is 0.0769. The molecule has 0 spiro atoms. The molecular formula is C39H27N17. The van der Waals surface area contributed by atoms with E-state index in [0.29, 0.717) is 28.2 Å². The monoisotopic (exact) mass is 733 g/mol. The molecule has 1 aliphatic rings. The number of H-pyrrole nitrogens is 3. The first-order valence-corrected chi connectivity index (χ1v) is 17.6. The standard InChI is InChI=1S/C39H27N17/c1-3-10-26-24(8-1)13-14-31(49-26)38(30-12-5-6-15-41-30)33(28-20-25-9-2-4-11-27(25)48-28)55(37-51-53-54-52-37)39(32-22-40-18-19-42-32,56(38)36-43-16-7-17-44-36)35-45-21-29-34(50-35)47-23-46-29/h1-23,33,48H,(H,45,46,47,50)(H,51,52,53,54). The van der Waals surface area contributed by atoms with Crippen molar-refractivity contribution in [3.63, 3.8) is 0 Å². The van der Waals surface area contributed by atoms with Gasteiger partial charge in [-0.1, -0.05) is 53.6 Å². The molecule has 8 aromatic heterocycles. The van der Waals surface area contributed by atoms with Crippen molar-refractivity contribution < 1.29 is 0 Å². The van der Waals surface area contributed by atoms with Gasteiger partial charge in [-0.05, 0) is 53.1 Å². The molecule has 17 nitrogen and oxygen atoms in total. The van der Waals surface area contributed by atoms with Gasteiger partial charge in [-0.25, -0.2) is 29.9 Å². The van der Waals surface area contributed by atoms with Crippen molar-refractivity contribution in [2.75, 3.05) is 9.80 Å². The number of fused-ring (bicyclic) bond motifs is 3. The molecule has 0 amide bonds. The molecule has 0 radical (unpaired) electrons. The van der Waals surface area contributed by atoms with Crippen LogP contribution in [-0.4, -0.2) is 75.4 Å². The van der Waals surface area contributed by atoms with Gasteiger partial charge in [0, 0.05) is 47.6 Å². The number of tetrazole rings is 1. The quantitative estimate of drug-likeness (QED) is 0.201. The Morgan fingerprint density at radius 2 is 1.46 bits per heavy atom. The van der Waals surface area contributed by atoms with Crippen LogP contribution in [0.15, 0.2) is 141 Å². The molecule has 10 aromatic rings. The lowest BCUT2D eigenvalue weighted by Crippen LogP contribution is -2.58. The number of hydrogen-bond donors (Lipinski definition) is 3. The summed E-state index contributed by atoms with van der Waals surface area (Å²) in [4.78, 5) is 56.0. The van der Waals surface area contributed by atoms with Crippen LogP contribution in [0.25, 0.3) is 33.0 Å². The van der Waals surface area contributed by atoms with E-state index in [2.05, 4.69) is 58.8 Å². The van der Waals surface area contributed by atoms with Crippen molar-refractivity contribution in [1.29, 1.82) is 0 Å². The first kappa shape index (κ1) is 31.4. The third-order valence-electron chi connectivity index (χ3n) is 10.3. The fourth-order valence-corrected chi connectivity index (χ4v) is 8.14. The predicted octanol–water partition coefficient (Wildman–Crippen LogP) is 4.78. The average molecular weight is 734 g/mol. The molecule has 3 atom stereocenters. The molecule has 3 unspecified atom stereocenters. The highest BCUT2D eigenvalue weighted by Gasteiger charge is 2.74. The van der Waals surface area contributed by atoms with Crippen molar-refractivity contribution >= 4 is 44.9 Å². The molecule has 3 N–H and O–H groups in total. The summed E-state index contributed by atoms with van der Waals surface area (Å²) in [6.45, 7) is 0. The van der Waals surface area contributed by atoms with Crippen molar-refractivity contribution in [2.24, 2.45) is 0 Å². The molecule has 268 valence electrons. The summed E-state index contributed by atoms with van der Waals surface area (Å²) in [5, 5.41) is 18.1. The van der Waals surface area contributed by atoms with Crippen LogP contribution in [0.5, 0.6) is 0 Å². The van der Waals surface area contributed by atoms with Crippen molar-refractivity contribution in [3.8, 4) is 0 Å². The minimum absolute atomic E-state index is 0.185. The summed E-state index contributed by atoms with van der Waals surface area (Å²) in [5.41, 5.74) is 1.89. The van der Waals surface area contributed by atoms with E-state index in [1.807, 2.05) is 76.5 Å². The Morgan fingerprint density at radius 3 is 2.29 bits per heavy atom. The second-order valence-electron chi connectivity index (χ2n) is 13.1. The largest absolute Gasteiger partial charge is 0.357 e. The van der Waals surface area contributed by atoms with E-state index < -0.39 is 17.2 Å². The summed E-state index contributed by atoms with van der Waals surface area (Å²) in [6.07, 6.45) is 13.3. The van der Waals surface area contributed by atoms with Gasteiger partial charge in [0.1, 0.15) is 17.3 Å². The van der Waals surface area contributed by atoms with Crippen LogP contribution >= 0.6 is 0 Å². The Bertz CT molecular complexity index is 2940. The zero-order valence-corrected chi connectivity index (χ0v) is 29.1. The van der Waals surface area contributed by atoms with E-state index in [9.17, 15) is 0 Å². The lowest BCUT2D eigenvalue weighted by molar-refractivity contribution is 0.408. The maximum absolute atomic E-state index is 5.49. The summed E-state index contributed by atoms with van der Waals surface area (Å²) in [5.74, 6) is 0.704. The molecule has 1 saturated heterocycles. The normalized spacial score (nSPS) is 19.7. The number of nitrogens with one attached hydrogen (secondary N) is 3. The molecule has 56 heavy (non-hydrogen) atoms. The molecule has 11 rings (SSSR count). The SMILES string of the molecule is c1ccc(C2(c3ccc4ccccc4n3)C(c3cc4ccccc4[nH]3)N(c3nn[nH]n3)C(c3cnccn3)(c3ncc4[nH]cnc4n3)N2c2ncccn2)nc1. The van der Waals surface area contributed by atoms with E-state index in [1.165, 1.54) is 0 Å². The number of anilines is 2. The van der Waals surface area contributed by atoms with Crippen LogP contribution in [0.3, 0.4) is 0 Å². The van der Waals surface area contributed by atoms with Gasteiger partial charge in [0.15, 0.2) is 17.0 Å².